The van der Waals surface area contributed by atoms with Crippen molar-refractivity contribution in [2.45, 2.75) is 6.92 Å². The van der Waals surface area contributed by atoms with E-state index in [1.54, 1.807) is 12.1 Å². The minimum atomic E-state index is -0.544. The molecule has 0 radical (unpaired) electrons. The molecule has 0 fully saturated rings. The number of nitro groups is 1. The van der Waals surface area contributed by atoms with Crippen LogP contribution in [0.3, 0.4) is 0 Å². The van der Waals surface area contributed by atoms with Crippen LogP contribution in [0.4, 0.5) is 5.69 Å². The van der Waals surface area contributed by atoms with E-state index in [9.17, 15) is 14.9 Å². The van der Waals surface area contributed by atoms with Gasteiger partial charge in [-0.25, -0.2) is 0 Å². The number of carbonyl (C=O) groups is 1. The van der Waals surface area contributed by atoms with Crippen molar-refractivity contribution >= 4 is 39.0 Å². The van der Waals surface area contributed by atoms with Crippen LogP contribution in [0.2, 0.25) is 5.02 Å². The molecule has 7 heteroatoms. The zero-order valence-electron chi connectivity index (χ0n) is 10.8. The number of rotatable bonds is 4. The summed E-state index contributed by atoms with van der Waals surface area (Å²) in [6.07, 6.45) is 0. The maximum absolute atomic E-state index is 11.3. The Kier molecular flexibility index (Phi) is 4.59. The Morgan fingerprint density at radius 1 is 1.24 bits per heavy atom. The van der Waals surface area contributed by atoms with Gasteiger partial charge in [0, 0.05) is 16.1 Å². The molecule has 0 saturated heterocycles. The van der Waals surface area contributed by atoms with Crippen LogP contribution in [-0.4, -0.2) is 10.7 Å². The van der Waals surface area contributed by atoms with Gasteiger partial charge in [-0.1, -0.05) is 27.5 Å². The lowest BCUT2D eigenvalue weighted by atomic mass is 10.1. The normalized spacial score (nSPS) is 10.2. The van der Waals surface area contributed by atoms with Crippen molar-refractivity contribution in [3.8, 4) is 11.5 Å². The molecule has 2 rings (SSSR count). The number of Topliss-reactive ketones (excluding diaryl/α,β-unsaturated/α-hetero) is 1. The number of benzene rings is 2. The molecule has 5 nitrogen and oxygen atoms in total. The van der Waals surface area contributed by atoms with Gasteiger partial charge in [-0.2, -0.15) is 0 Å². The Labute approximate surface area is 133 Å². The van der Waals surface area contributed by atoms with Gasteiger partial charge in [0.2, 0.25) is 5.75 Å². The van der Waals surface area contributed by atoms with Crippen LogP contribution < -0.4 is 4.74 Å². The summed E-state index contributed by atoms with van der Waals surface area (Å²) in [6, 6.07) is 8.95. The average molecular weight is 371 g/mol. The second-order valence-electron chi connectivity index (χ2n) is 4.17. The molecular formula is C14H9BrClNO4. The molecule has 2 aromatic rings. The number of ether oxygens (including phenoxy) is 1. The summed E-state index contributed by atoms with van der Waals surface area (Å²) in [4.78, 5) is 21.7. The largest absolute Gasteiger partial charge is 0.449 e. The van der Waals surface area contributed by atoms with Crippen LogP contribution in [0, 0.1) is 10.1 Å². The van der Waals surface area contributed by atoms with Crippen molar-refractivity contribution in [2.75, 3.05) is 0 Å². The molecule has 108 valence electrons. The monoisotopic (exact) mass is 369 g/mol. The van der Waals surface area contributed by atoms with Gasteiger partial charge in [0.1, 0.15) is 5.75 Å². The zero-order chi connectivity index (χ0) is 15.6. The summed E-state index contributed by atoms with van der Waals surface area (Å²) < 4.78 is 6.05. The first-order valence-corrected chi connectivity index (χ1v) is 6.98. The number of hydrogen-bond donors (Lipinski definition) is 0. The highest BCUT2D eigenvalue weighted by molar-refractivity contribution is 9.10. The summed E-state index contributed by atoms with van der Waals surface area (Å²) in [5.41, 5.74) is 0.258. The topological polar surface area (TPSA) is 69.4 Å². The smallest absolute Gasteiger partial charge is 0.312 e. The fraction of sp³-hybridized carbons (Fsp3) is 0.0714. The van der Waals surface area contributed by atoms with Crippen LogP contribution in [-0.2, 0) is 0 Å². The first kappa shape index (κ1) is 15.5. The van der Waals surface area contributed by atoms with Gasteiger partial charge >= 0.3 is 5.69 Å². The van der Waals surface area contributed by atoms with Crippen LogP contribution in [0.5, 0.6) is 11.5 Å². The number of nitro benzene ring substituents is 1. The Morgan fingerprint density at radius 3 is 2.48 bits per heavy atom. The summed E-state index contributed by atoms with van der Waals surface area (Å²) in [7, 11) is 0. The summed E-state index contributed by atoms with van der Waals surface area (Å²) in [6.45, 7) is 1.42. The van der Waals surface area contributed by atoms with E-state index in [1.165, 1.54) is 31.2 Å². The van der Waals surface area contributed by atoms with Crippen molar-refractivity contribution < 1.29 is 14.5 Å². The molecule has 0 aromatic heterocycles. The average Bonchev–Trinajstić information content (AvgIpc) is 2.42. The molecule has 0 aliphatic carbocycles. The lowest BCUT2D eigenvalue weighted by Crippen LogP contribution is -1.95. The number of carbonyl (C=O) groups excluding carboxylic acids is 1. The van der Waals surface area contributed by atoms with Crippen molar-refractivity contribution in [3.63, 3.8) is 0 Å². The first-order chi connectivity index (χ1) is 9.88. The van der Waals surface area contributed by atoms with Gasteiger partial charge < -0.3 is 4.74 Å². The van der Waals surface area contributed by atoms with Crippen molar-refractivity contribution in [3.05, 3.63) is 61.6 Å². The summed E-state index contributed by atoms with van der Waals surface area (Å²) in [5, 5.41) is 11.2. The van der Waals surface area contributed by atoms with Crippen molar-refractivity contribution in [1.29, 1.82) is 0 Å². The predicted octanol–water partition coefficient (Wildman–Crippen LogP) is 5.01. The fourth-order valence-electron chi connectivity index (χ4n) is 1.64. The van der Waals surface area contributed by atoms with Gasteiger partial charge in [0.25, 0.3) is 0 Å². The van der Waals surface area contributed by atoms with Crippen LogP contribution in [0.15, 0.2) is 40.9 Å². The van der Waals surface area contributed by atoms with Gasteiger partial charge in [-0.15, -0.1) is 0 Å². The molecule has 0 unspecified atom stereocenters. The van der Waals surface area contributed by atoms with E-state index in [4.69, 9.17) is 16.3 Å². The SMILES string of the molecule is CC(=O)c1ccc(Oc2ccc(Br)cc2[N+](=O)[O-])c(Cl)c1. The molecule has 0 spiro atoms. The van der Waals surface area contributed by atoms with Crippen molar-refractivity contribution in [2.24, 2.45) is 0 Å². The van der Waals surface area contributed by atoms with Gasteiger partial charge in [0.15, 0.2) is 5.78 Å². The number of hydrogen-bond acceptors (Lipinski definition) is 4. The highest BCUT2D eigenvalue weighted by Crippen LogP contribution is 2.36. The van der Waals surface area contributed by atoms with E-state index in [2.05, 4.69) is 15.9 Å². The molecule has 0 N–H and O–H groups in total. The summed E-state index contributed by atoms with van der Waals surface area (Å²) >= 11 is 9.20. The Morgan fingerprint density at radius 2 is 1.90 bits per heavy atom. The number of ketones is 1. The lowest BCUT2D eigenvalue weighted by Gasteiger charge is -2.09. The highest BCUT2D eigenvalue weighted by atomic mass is 79.9. The molecule has 0 heterocycles. The summed E-state index contributed by atoms with van der Waals surface area (Å²) in [5.74, 6) is 0.186. The second-order valence-corrected chi connectivity index (χ2v) is 5.50. The Bertz CT molecular complexity index is 733. The molecule has 0 amide bonds. The molecule has 0 saturated carbocycles. The van der Waals surface area contributed by atoms with Gasteiger partial charge in [0.05, 0.1) is 9.95 Å². The van der Waals surface area contributed by atoms with Crippen LogP contribution >= 0.6 is 27.5 Å². The van der Waals surface area contributed by atoms with E-state index in [1.807, 2.05) is 0 Å². The van der Waals surface area contributed by atoms with Gasteiger partial charge in [-0.05, 0) is 37.3 Å². The number of halogens is 2. The van der Waals surface area contributed by atoms with Crippen LogP contribution in [0.1, 0.15) is 17.3 Å². The molecule has 0 atom stereocenters. The quantitative estimate of drug-likeness (QED) is 0.431. The van der Waals surface area contributed by atoms with E-state index in [0.717, 1.165) is 0 Å². The lowest BCUT2D eigenvalue weighted by molar-refractivity contribution is -0.385. The second kappa shape index (κ2) is 6.24. The molecule has 0 bridgehead atoms. The first-order valence-electron chi connectivity index (χ1n) is 5.81. The Hall–Kier alpha value is -1.92. The van der Waals surface area contributed by atoms with E-state index < -0.39 is 4.92 Å². The maximum atomic E-state index is 11.3. The fourth-order valence-corrected chi connectivity index (χ4v) is 2.21. The molecule has 0 aliphatic heterocycles. The van der Waals surface area contributed by atoms with Gasteiger partial charge in [-0.3, -0.25) is 14.9 Å². The zero-order valence-corrected chi connectivity index (χ0v) is 13.1. The molecule has 2 aromatic carbocycles. The molecule has 0 aliphatic rings. The predicted molar refractivity (Wildman–Crippen MR) is 82.3 cm³/mol. The third kappa shape index (κ3) is 3.59. The third-order valence-corrected chi connectivity index (χ3v) is 3.46. The minimum absolute atomic E-state index is 0.0701. The number of nitrogens with zero attached hydrogens (tertiary/aromatic N) is 1. The highest BCUT2D eigenvalue weighted by Gasteiger charge is 2.17. The minimum Gasteiger partial charge on any atom is -0.449 e. The van der Waals surface area contributed by atoms with Crippen LogP contribution in [0.25, 0.3) is 0 Å². The standard InChI is InChI=1S/C14H9BrClNO4/c1-8(18)9-2-4-13(11(16)6-9)21-14-5-3-10(15)7-12(14)17(19)20/h2-7H,1H3. The Balaban J connectivity index is 2.39. The van der Waals surface area contributed by atoms with E-state index >= 15 is 0 Å². The maximum Gasteiger partial charge on any atom is 0.312 e. The van der Waals surface area contributed by atoms with E-state index in [0.29, 0.717) is 10.0 Å². The molecular weight excluding hydrogens is 362 g/mol. The molecule has 21 heavy (non-hydrogen) atoms. The van der Waals surface area contributed by atoms with Crippen molar-refractivity contribution in [1.82, 2.24) is 0 Å². The third-order valence-electron chi connectivity index (χ3n) is 2.68. The van der Waals surface area contributed by atoms with E-state index in [-0.39, 0.29) is 28.0 Å².